The number of hydrogen-bond acceptors (Lipinski definition) is 4. The number of anilines is 1. The van der Waals surface area contributed by atoms with Gasteiger partial charge in [-0.2, -0.15) is 0 Å². The molecule has 0 saturated heterocycles. The second-order valence-electron chi connectivity index (χ2n) is 4.66. The summed E-state index contributed by atoms with van der Waals surface area (Å²) in [7, 11) is 0. The average Bonchev–Trinajstić information content (AvgIpc) is 2.47. The molecule has 0 spiro atoms. The van der Waals surface area contributed by atoms with Crippen molar-refractivity contribution in [1.29, 1.82) is 0 Å². The highest BCUT2D eigenvalue weighted by atomic mass is 35.5. The topological polar surface area (TPSA) is 37.8 Å². The molecule has 0 aliphatic rings. The van der Waals surface area contributed by atoms with Crippen LogP contribution >= 0.6 is 23.4 Å². The largest absolute Gasteiger partial charge is 0.370 e. The minimum absolute atomic E-state index is 0.715. The lowest BCUT2D eigenvalue weighted by Crippen LogP contribution is -2.09. The first-order valence-electron chi connectivity index (χ1n) is 7.13. The van der Waals surface area contributed by atoms with Crippen molar-refractivity contribution >= 4 is 29.2 Å². The van der Waals surface area contributed by atoms with E-state index in [4.69, 9.17) is 11.6 Å². The zero-order valence-corrected chi connectivity index (χ0v) is 14.2. The van der Waals surface area contributed by atoms with Gasteiger partial charge in [0, 0.05) is 22.7 Å². The van der Waals surface area contributed by atoms with E-state index in [1.54, 1.807) is 11.8 Å². The van der Waals surface area contributed by atoms with Gasteiger partial charge in [0.1, 0.15) is 11.6 Å². The van der Waals surface area contributed by atoms with Crippen LogP contribution in [0.25, 0.3) is 0 Å². The van der Waals surface area contributed by atoms with Crippen LogP contribution in [0.1, 0.15) is 30.9 Å². The molecule has 0 unspecified atom stereocenters. The number of aromatic nitrogens is 2. The Labute approximate surface area is 135 Å². The van der Waals surface area contributed by atoms with Crippen molar-refractivity contribution in [2.75, 3.05) is 11.9 Å². The molecular weight excluding hydrogens is 302 g/mol. The fourth-order valence-electron chi connectivity index (χ4n) is 2.16. The molecule has 1 aromatic heterocycles. The van der Waals surface area contributed by atoms with Crippen LogP contribution in [-0.4, -0.2) is 16.5 Å². The SMILES string of the molecule is CCNc1nc(CSc2ccccc2Cl)nc(C)c1CC. The molecule has 112 valence electrons. The van der Waals surface area contributed by atoms with Gasteiger partial charge in [-0.3, -0.25) is 0 Å². The zero-order chi connectivity index (χ0) is 15.2. The molecular formula is C16H20ClN3S. The lowest BCUT2D eigenvalue weighted by atomic mass is 10.1. The number of nitrogens with one attached hydrogen (secondary N) is 1. The summed E-state index contributed by atoms with van der Waals surface area (Å²) in [5.74, 6) is 2.51. The summed E-state index contributed by atoms with van der Waals surface area (Å²) in [5, 5.41) is 4.11. The van der Waals surface area contributed by atoms with Gasteiger partial charge in [0.15, 0.2) is 0 Å². The molecule has 2 aromatic rings. The Bertz CT molecular complexity index is 616. The Morgan fingerprint density at radius 1 is 1.19 bits per heavy atom. The van der Waals surface area contributed by atoms with Gasteiger partial charge in [0.2, 0.25) is 0 Å². The summed E-state index contributed by atoms with van der Waals surface area (Å²) in [6.07, 6.45) is 0.937. The van der Waals surface area contributed by atoms with Crippen molar-refractivity contribution in [1.82, 2.24) is 9.97 Å². The molecule has 1 heterocycles. The molecule has 0 fully saturated rings. The lowest BCUT2D eigenvalue weighted by molar-refractivity contribution is 0.932. The van der Waals surface area contributed by atoms with Crippen LogP contribution in [0.4, 0.5) is 5.82 Å². The zero-order valence-electron chi connectivity index (χ0n) is 12.6. The highest BCUT2D eigenvalue weighted by molar-refractivity contribution is 7.98. The van der Waals surface area contributed by atoms with Crippen LogP contribution in [0.5, 0.6) is 0 Å². The van der Waals surface area contributed by atoms with E-state index in [9.17, 15) is 0 Å². The predicted molar refractivity (Wildman–Crippen MR) is 91.3 cm³/mol. The molecule has 2 rings (SSSR count). The third-order valence-electron chi connectivity index (χ3n) is 3.15. The first kappa shape index (κ1) is 16.1. The third-order valence-corrected chi connectivity index (χ3v) is 4.66. The summed E-state index contributed by atoms with van der Waals surface area (Å²) in [6.45, 7) is 7.12. The van der Waals surface area contributed by atoms with E-state index >= 15 is 0 Å². The molecule has 5 heteroatoms. The van der Waals surface area contributed by atoms with Crippen molar-refractivity contribution in [3.8, 4) is 0 Å². The van der Waals surface area contributed by atoms with Gasteiger partial charge in [0.05, 0.1) is 10.8 Å². The van der Waals surface area contributed by atoms with Gasteiger partial charge in [-0.25, -0.2) is 9.97 Å². The lowest BCUT2D eigenvalue weighted by Gasteiger charge is -2.13. The fraction of sp³-hybridized carbons (Fsp3) is 0.375. The number of nitrogens with zero attached hydrogens (tertiary/aromatic N) is 2. The molecule has 0 atom stereocenters. The van der Waals surface area contributed by atoms with E-state index in [0.29, 0.717) is 5.75 Å². The van der Waals surface area contributed by atoms with Crippen LogP contribution in [0, 0.1) is 6.92 Å². The number of hydrogen-bond donors (Lipinski definition) is 1. The van der Waals surface area contributed by atoms with E-state index in [-0.39, 0.29) is 0 Å². The van der Waals surface area contributed by atoms with Crippen LogP contribution < -0.4 is 5.32 Å². The normalized spacial score (nSPS) is 10.7. The van der Waals surface area contributed by atoms with Crippen molar-refractivity contribution in [2.45, 2.75) is 37.8 Å². The van der Waals surface area contributed by atoms with Crippen LogP contribution in [0.15, 0.2) is 29.2 Å². The highest BCUT2D eigenvalue weighted by Crippen LogP contribution is 2.29. The van der Waals surface area contributed by atoms with Crippen LogP contribution in [0.2, 0.25) is 5.02 Å². The maximum absolute atomic E-state index is 6.18. The van der Waals surface area contributed by atoms with E-state index in [1.165, 1.54) is 5.56 Å². The first-order chi connectivity index (χ1) is 10.2. The Balaban J connectivity index is 2.19. The monoisotopic (exact) mass is 321 g/mol. The third kappa shape index (κ3) is 4.11. The first-order valence-corrected chi connectivity index (χ1v) is 8.49. The molecule has 0 aliphatic carbocycles. The molecule has 0 bridgehead atoms. The molecule has 0 aliphatic heterocycles. The number of aryl methyl sites for hydroxylation is 1. The van der Waals surface area contributed by atoms with E-state index in [2.05, 4.69) is 29.1 Å². The minimum atomic E-state index is 0.715. The van der Waals surface area contributed by atoms with Crippen LogP contribution in [0.3, 0.4) is 0 Å². The summed E-state index contributed by atoms with van der Waals surface area (Å²) >= 11 is 7.84. The highest BCUT2D eigenvalue weighted by Gasteiger charge is 2.10. The molecule has 1 N–H and O–H groups in total. The van der Waals surface area contributed by atoms with E-state index in [1.807, 2.05) is 31.2 Å². The second kappa shape index (κ2) is 7.66. The van der Waals surface area contributed by atoms with E-state index in [0.717, 1.165) is 40.2 Å². The molecule has 0 saturated carbocycles. The Hall–Kier alpha value is -1.26. The van der Waals surface area contributed by atoms with Crippen LogP contribution in [-0.2, 0) is 12.2 Å². The molecule has 3 nitrogen and oxygen atoms in total. The van der Waals surface area contributed by atoms with Gasteiger partial charge in [-0.15, -0.1) is 11.8 Å². The van der Waals surface area contributed by atoms with Gasteiger partial charge in [0.25, 0.3) is 0 Å². The second-order valence-corrected chi connectivity index (χ2v) is 6.08. The quantitative estimate of drug-likeness (QED) is 0.781. The fourth-order valence-corrected chi connectivity index (χ4v) is 3.25. The minimum Gasteiger partial charge on any atom is -0.370 e. The van der Waals surface area contributed by atoms with E-state index < -0.39 is 0 Å². The predicted octanol–water partition coefficient (Wildman–Crippen LogP) is 4.72. The number of benzene rings is 1. The smallest absolute Gasteiger partial charge is 0.141 e. The van der Waals surface area contributed by atoms with Gasteiger partial charge >= 0.3 is 0 Å². The molecule has 21 heavy (non-hydrogen) atoms. The number of thioether (sulfide) groups is 1. The van der Waals surface area contributed by atoms with Gasteiger partial charge in [-0.1, -0.05) is 30.7 Å². The summed E-state index contributed by atoms with van der Waals surface area (Å²) in [6, 6.07) is 7.85. The number of rotatable bonds is 6. The van der Waals surface area contributed by atoms with Gasteiger partial charge in [-0.05, 0) is 32.4 Å². The van der Waals surface area contributed by atoms with Crippen molar-refractivity contribution in [3.63, 3.8) is 0 Å². The summed E-state index contributed by atoms with van der Waals surface area (Å²) in [4.78, 5) is 10.3. The maximum atomic E-state index is 6.18. The van der Waals surface area contributed by atoms with Crippen molar-refractivity contribution < 1.29 is 0 Å². The Morgan fingerprint density at radius 3 is 2.62 bits per heavy atom. The standard InChI is InChI=1S/C16H20ClN3S/c1-4-12-11(3)19-15(20-16(12)18-5-2)10-21-14-9-7-6-8-13(14)17/h6-9H,4-5,10H2,1-3H3,(H,18,19,20). The summed E-state index contributed by atoms with van der Waals surface area (Å²) < 4.78 is 0. The van der Waals surface area contributed by atoms with Gasteiger partial charge < -0.3 is 5.32 Å². The van der Waals surface area contributed by atoms with Crippen molar-refractivity contribution in [2.24, 2.45) is 0 Å². The number of halogens is 1. The Kier molecular flexibility index (Phi) is 5.88. The molecule has 0 radical (unpaired) electrons. The molecule has 1 aromatic carbocycles. The molecule has 0 amide bonds. The maximum Gasteiger partial charge on any atom is 0.141 e. The summed E-state index contributed by atoms with van der Waals surface area (Å²) in [5.41, 5.74) is 2.25. The Morgan fingerprint density at radius 2 is 1.95 bits per heavy atom. The van der Waals surface area contributed by atoms with Crippen molar-refractivity contribution in [3.05, 3.63) is 46.4 Å². The average molecular weight is 322 g/mol.